The van der Waals surface area contributed by atoms with Gasteiger partial charge in [0.2, 0.25) is 0 Å². The lowest BCUT2D eigenvalue weighted by molar-refractivity contribution is -0.134. The Bertz CT molecular complexity index is 1190. The number of aryl methyl sites for hydroxylation is 1. The number of carboxylic acids is 2. The van der Waals surface area contributed by atoms with Gasteiger partial charge in [-0.05, 0) is 44.2 Å². The molecule has 1 aliphatic heterocycles. The van der Waals surface area contributed by atoms with Gasteiger partial charge in [0.25, 0.3) is 5.56 Å². The molecule has 9 heteroatoms. The van der Waals surface area contributed by atoms with Crippen molar-refractivity contribution in [1.29, 1.82) is 0 Å². The first-order chi connectivity index (χ1) is 15.9. The van der Waals surface area contributed by atoms with Gasteiger partial charge in [0.1, 0.15) is 0 Å². The Hall–Kier alpha value is -3.98. The number of rotatable bonds is 4. The lowest BCUT2D eigenvalue weighted by Crippen LogP contribution is -2.35. The molecular weight excluding hydrogens is 424 g/mol. The maximum atomic E-state index is 13.3. The minimum absolute atomic E-state index is 0.0514. The lowest BCUT2D eigenvalue weighted by Gasteiger charge is -2.22. The van der Waals surface area contributed by atoms with E-state index in [2.05, 4.69) is 10.2 Å². The van der Waals surface area contributed by atoms with Crippen LogP contribution < -0.4 is 15.8 Å². The third kappa shape index (κ3) is 6.27. The van der Waals surface area contributed by atoms with Crippen molar-refractivity contribution in [3.63, 3.8) is 0 Å². The highest BCUT2D eigenvalue weighted by Crippen LogP contribution is 2.19. The van der Waals surface area contributed by atoms with Gasteiger partial charge < -0.3 is 20.4 Å². The summed E-state index contributed by atoms with van der Waals surface area (Å²) in [5.74, 6) is -1.97. The van der Waals surface area contributed by atoms with E-state index in [4.69, 9.17) is 15.2 Å². The van der Waals surface area contributed by atoms with Crippen LogP contribution in [0.4, 0.5) is 5.82 Å². The van der Waals surface area contributed by atoms with E-state index in [1.807, 2.05) is 55.5 Å². The normalized spacial score (nSPS) is 13.9. The Kier molecular flexibility index (Phi) is 7.93. The number of nitrogens with one attached hydrogen (secondary N) is 1. The predicted octanol–water partition coefficient (Wildman–Crippen LogP) is 2.21. The highest BCUT2D eigenvalue weighted by molar-refractivity contribution is 5.89. The molecule has 0 radical (unpaired) electrons. The highest BCUT2D eigenvalue weighted by Gasteiger charge is 2.18. The van der Waals surface area contributed by atoms with E-state index in [0.717, 1.165) is 49.3 Å². The average Bonchev–Trinajstić information content (AvgIpc) is 3.08. The van der Waals surface area contributed by atoms with Crippen molar-refractivity contribution in [1.82, 2.24) is 14.9 Å². The van der Waals surface area contributed by atoms with E-state index in [0.29, 0.717) is 18.0 Å². The van der Waals surface area contributed by atoms with Crippen molar-refractivity contribution in [2.75, 3.05) is 31.1 Å². The molecule has 1 fully saturated rings. The number of hydrogen-bond acceptors (Lipinski definition) is 6. The van der Waals surface area contributed by atoms with Crippen LogP contribution in [0.5, 0.6) is 0 Å². The highest BCUT2D eigenvalue weighted by atomic mass is 16.4. The summed E-state index contributed by atoms with van der Waals surface area (Å²) in [6, 6.07) is 15.9. The molecule has 3 aromatic rings. The summed E-state index contributed by atoms with van der Waals surface area (Å²) in [4.78, 5) is 39.2. The van der Waals surface area contributed by atoms with Gasteiger partial charge in [0, 0.05) is 37.5 Å². The summed E-state index contributed by atoms with van der Waals surface area (Å²) in [5, 5.41) is 19.0. The second kappa shape index (κ2) is 11.1. The van der Waals surface area contributed by atoms with Crippen LogP contribution >= 0.6 is 0 Å². The van der Waals surface area contributed by atoms with E-state index in [1.54, 1.807) is 4.57 Å². The topological polar surface area (TPSA) is 125 Å². The van der Waals surface area contributed by atoms with E-state index >= 15 is 0 Å². The van der Waals surface area contributed by atoms with Crippen LogP contribution in [0.15, 0.2) is 65.5 Å². The van der Waals surface area contributed by atoms with Gasteiger partial charge in [-0.1, -0.05) is 29.8 Å². The summed E-state index contributed by atoms with van der Waals surface area (Å²) in [6.45, 7) is 5.55. The summed E-state index contributed by atoms with van der Waals surface area (Å²) < 4.78 is 1.79. The molecule has 33 heavy (non-hydrogen) atoms. The molecule has 3 N–H and O–H groups in total. The first-order valence-electron chi connectivity index (χ1n) is 10.6. The van der Waals surface area contributed by atoms with E-state index < -0.39 is 11.9 Å². The monoisotopic (exact) mass is 450 g/mol. The number of nitrogens with zero attached hydrogens (tertiary/aromatic N) is 3. The van der Waals surface area contributed by atoms with Gasteiger partial charge >= 0.3 is 11.9 Å². The molecular formula is C24H26N4O5. The van der Waals surface area contributed by atoms with E-state index in [9.17, 15) is 14.4 Å². The van der Waals surface area contributed by atoms with Crippen LogP contribution in [0.1, 0.15) is 12.0 Å². The van der Waals surface area contributed by atoms with Crippen molar-refractivity contribution in [3.05, 3.63) is 76.6 Å². The van der Waals surface area contributed by atoms with Crippen LogP contribution in [-0.4, -0.2) is 57.9 Å². The van der Waals surface area contributed by atoms with Crippen LogP contribution in [0, 0.1) is 6.92 Å². The van der Waals surface area contributed by atoms with Crippen molar-refractivity contribution >= 4 is 28.8 Å². The zero-order valence-electron chi connectivity index (χ0n) is 18.3. The number of aromatic nitrogens is 2. The Morgan fingerprint density at radius 3 is 2.30 bits per heavy atom. The number of para-hydroxylation sites is 2. The maximum absolute atomic E-state index is 13.3. The molecule has 0 atom stereocenters. The summed E-state index contributed by atoms with van der Waals surface area (Å²) >= 11 is 0. The molecule has 2 heterocycles. The second-order valence-corrected chi connectivity index (χ2v) is 7.50. The minimum Gasteiger partial charge on any atom is -0.478 e. The summed E-state index contributed by atoms with van der Waals surface area (Å²) in [7, 11) is 0. The molecule has 1 saturated heterocycles. The molecule has 1 aromatic heterocycles. The SMILES string of the molecule is Cc1ccc(-n2c(=O)c(N3CCCNCC3)nc3ccccc32)cc1.O=C(O)C=CC(=O)O. The Balaban J connectivity index is 0.000000331. The van der Waals surface area contributed by atoms with Crippen LogP contribution in [0.2, 0.25) is 0 Å². The summed E-state index contributed by atoms with van der Waals surface area (Å²) in [5.41, 5.74) is 3.68. The standard InChI is InChI=1S/C20H22N4O.C4H4O4/c1-15-7-9-16(10-8-15)24-18-6-3-2-5-17(18)22-19(20(24)25)23-13-4-11-21-12-14-23;5-3(6)1-2-4(7)8/h2-3,5-10,21H,4,11-14H2,1H3;1-2H,(H,5,6)(H,7,8). The Morgan fingerprint density at radius 1 is 0.970 bits per heavy atom. The smallest absolute Gasteiger partial charge is 0.328 e. The number of fused-ring (bicyclic) bond motifs is 1. The number of aliphatic carboxylic acids is 2. The number of carbonyl (C=O) groups is 2. The quantitative estimate of drug-likeness (QED) is 0.517. The Labute approximate surface area is 190 Å². The molecule has 0 aliphatic carbocycles. The van der Waals surface area contributed by atoms with Crippen molar-refractivity contribution in [2.24, 2.45) is 0 Å². The van der Waals surface area contributed by atoms with Gasteiger partial charge in [-0.25, -0.2) is 14.6 Å². The molecule has 0 bridgehead atoms. The first-order valence-corrected chi connectivity index (χ1v) is 10.6. The van der Waals surface area contributed by atoms with Crippen molar-refractivity contribution < 1.29 is 19.8 Å². The van der Waals surface area contributed by atoms with E-state index in [1.165, 1.54) is 5.56 Å². The Morgan fingerprint density at radius 2 is 1.64 bits per heavy atom. The van der Waals surface area contributed by atoms with Crippen molar-refractivity contribution in [2.45, 2.75) is 13.3 Å². The molecule has 0 amide bonds. The molecule has 0 saturated carbocycles. The fourth-order valence-corrected chi connectivity index (χ4v) is 3.48. The molecule has 2 aromatic carbocycles. The third-order valence-electron chi connectivity index (χ3n) is 5.04. The van der Waals surface area contributed by atoms with Crippen molar-refractivity contribution in [3.8, 4) is 5.69 Å². The van der Waals surface area contributed by atoms with Crippen LogP contribution in [0.25, 0.3) is 16.7 Å². The third-order valence-corrected chi connectivity index (χ3v) is 5.04. The van der Waals surface area contributed by atoms with Gasteiger partial charge in [-0.15, -0.1) is 0 Å². The van der Waals surface area contributed by atoms with Crippen LogP contribution in [-0.2, 0) is 9.59 Å². The molecule has 0 unspecified atom stereocenters. The predicted molar refractivity (Wildman–Crippen MR) is 126 cm³/mol. The number of hydrogen-bond donors (Lipinski definition) is 3. The molecule has 0 spiro atoms. The largest absolute Gasteiger partial charge is 0.478 e. The minimum atomic E-state index is -1.26. The van der Waals surface area contributed by atoms with Gasteiger partial charge in [0.05, 0.1) is 11.0 Å². The van der Waals surface area contributed by atoms with E-state index in [-0.39, 0.29) is 5.56 Å². The maximum Gasteiger partial charge on any atom is 0.328 e. The average molecular weight is 450 g/mol. The number of benzene rings is 2. The molecule has 9 nitrogen and oxygen atoms in total. The summed E-state index contributed by atoms with van der Waals surface area (Å²) in [6.07, 6.45) is 2.13. The zero-order valence-corrected chi connectivity index (χ0v) is 18.3. The van der Waals surface area contributed by atoms with Gasteiger partial charge in [0.15, 0.2) is 5.82 Å². The second-order valence-electron chi connectivity index (χ2n) is 7.50. The van der Waals surface area contributed by atoms with Gasteiger partial charge in [-0.2, -0.15) is 0 Å². The zero-order chi connectivity index (χ0) is 23.8. The molecule has 4 rings (SSSR count). The number of carboxylic acid groups (broad SMARTS) is 2. The fraction of sp³-hybridized carbons (Fsp3) is 0.250. The lowest BCUT2D eigenvalue weighted by atomic mass is 10.2. The molecule has 1 aliphatic rings. The van der Waals surface area contributed by atoms with Crippen LogP contribution in [0.3, 0.4) is 0 Å². The molecule has 172 valence electrons. The van der Waals surface area contributed by atoms with Gasteiger partial charge in [-0.3, -0.25) is 9.36 Å². The first kappa shape index (κ1) is 23.7. The fourth-order valence-electron chi connectivity index (χ4n) is 3.48. The number of anilines is 1.